The molecule has 0 bridgehead atoms. The van der Waals surface area contributed by atoms with Gasteiger partial charge in [-0.1, -0.05) is 11.6 Å². The Bertz CT molecular complexity index is 579. The zero-order valence-corrected chi connectivity index (χ0v) is 10.6. The normalized spacial score (nSPS) is 10.3. The summed E-state index contributed by atoms with van der Waals surface area (Å²) in [6, 6.07) is 6.78. The van der Waals surface area contributed by atoms with E-state index in [0.29, 0.717) is 16.4 Å². The second kappa shape index (κ2) is 5.10. The van der Waals surface area contributed by atoms with Crippen LogP contribution in [0.15, 0.2) is 30.5 Å². The summed E-state index contributed by atoms with van der Waals surface area (Å²) < 4.78 is 1.57. The summed E-state index contributed by atoms with van der Waals surface area (Å²) in [5.74, 6) is -0.190. The van der Waals surface area contributed by atoms with Crippen molar-refractivity contribution >= 4 is 28.9 Å². The lowest BCUT2D eigenvalue weighted by Crippen LogP contribution is -2.19. The molecule has 0 fully saturated rings. The average molecular weight is 265 g/mol. The lowest BCUT2D eigenvalue weighted by Gasteiger charge is -2.07. The third-order valence-corrected chi connectivity index (χ3v) is 2.66. The molecule has 0 spiro atoms. The number of nitrogens with one attached hydrogen (secondary N) is 1. The fraction of sp³-hybridized carbons (Fsp3) is 0.167. The maximum Gasteiger partial charge on any atom is 0.246 e. The molecule has 18 heavy (non-hydrogen) atoms. The molecule has 2 rings (SSSR count). The molecule has 3 N–H and O–H groups in total. The Hall–Kier alpha value is -2.01. The van der Waals surface area contributed by atoms with E-state index in [9.17, 15) is 4.79 Å². The fourth-order valence-corrected chi connectivity index (χ4v) is 1.76. The molecule has 2 aromatic rings. The third kappa shape index (κ3) is 3.01. The van der Waals surface area contributed by atoms with Gasteiger partial charge in [0.05, 0.1) is 16.4 Å². The van der Waals surface area contributed by atoms with Gasteiger partial charge in [0.25, 0.3) is 0 Å². The molecule has 1 aromatic heterocycles. The van der Waals surface area contributed by atoms with Crippen molar-refractivity contribution in [3.63, 3.8) is 0 Å². The van der Waals surface area contributed by atoms with Crippen molar-refractivity contribution in [1.82, 2.24) is 9.78 Å². The lowest BCUT2D eigenvalue weighted by molar-refractivity contribution is -0.116. The smallest absolute Gasteiger partial charge is 0.246 e. The highest BCUT2D eigenvalue weighted by Gasteiger charge is 2.07. The first kappa shape index (κ1) is 12.4. The van der Waals surface area contributed by atoms with Gasteiger partial charge in [-0.15, -0.1) is 0 Å². The Labute approximate surface area is 110 Å². The quantitative estimate of drug-likeness (QED) is 0.834. The van der Waals surface area contributed by atoms with Crippen LogP contribution in [0.4, 0.5) is 11.4 Å². The highest BCUT2D eigenvalue weighted by Crippen LogP contribution is 2.23. The molecular formula is C12H13ClN4O. The van der Waals surface area contributed by atoms with E-state index in [2.05, 4.69) is 10.4 Å². The topological polar surface area (TPSA) is 72.9 Å². The first-order valence-electron chi connectivity index (χ1n) is 5.39. The number of rotatable bonds is 3. The minimum Gasteiger partial charge on any atom is -0.399 e. The van der Waals surface area contributed by atoms with Gasteiger partial charge in [-0.3, -0.25) is 9.48 Å². The Morgan fingerprint density at radius 3 is 2.89 bits per heavy atom. The van der Waals surface area contributed by atoms with E-state index < -0.39 is 0 Å². The first-order chi connectivity index (χ1) is 8.54. The fourth-order valence-electron chi connectivity index (χ4n) is 1.52. The van der Waals surface area contributed by atoms with Crippen LogP contribution in [0, 0.1) is 6.92 Å². The van der Waals surface area contributed by atoms with Crippen molar-refractivity contribution < 1.29 is 4.79 Å². The minimum absolute atomic E-state index is 0.147. The number of nitrogens with two attached hydrogens (primary N) is 1. The number of aryl methyl sites for hydroxylation is 1. The first-order valence-corrected chi connectivity index (χ1v) is 5.77. The largest absolute Gasteiger partial charge is 0.399 e. The minimum atomic E-state index is -0.190. The number of amides is 1. The number of halogens is 1. The second-order valence-electron chi connectivity index (χ2n) is 3.94. The Kier molecular flexibility index (Phi) is 3.53. The van der Waals surface area contributed by atoms with Gasteiger partial charge in [-0.2, -0.15) is 5.10 Å². The summed E-state index contributed by atoms with van der Waals surface area (Å²) in [6.07, 6.45) is 1.75. The van der Waals surface area contributed by atoms with E-state index in [1.165, 1.54) is 0 Å². The van der Waals surface area contributed by atoms with Crippen molar-refractivity contribution in [3.8, 4) is 0 Å². The van der Waals surface area contributed by atoms with Crippen LogP contribution in [-0.4, -0.2) is 15.7 Å². The summed E-state index contributed by atoms with van der Waals surface area (Å²) in [7, 11) is 0. The SMILES string of the molecule is Cc1ccn(CC(=O)Nc2ccc(N)cc2Cl)n1. The van der Waals surface area contributed by atoms with Gasteiger partial charge in [-0.25, -0.2) is 0 Å². The van der Waals surface area contributed by atoms with Gasteiger partial charge < -0.3 is 11.1 Å². The number of hydrogen-bond donors (Lipinski definition) is 2. The molecule has 94 valence electrons. The Balaban J connectivity index is 2.03. The summed E-state index contributed by atoms with van der Waals surface area (Å²) >= 11 is 5.96. The Morgan fingerprint density at radius 2 is 2.28 bits per heavy atom. The maximum absolute atomic E-state index is 11.8. The van der Waals surface area contributed by atoms with E-state index in [0.717, 1.165) is 5.69 Å². The number of nitrogens with zero attached hydrogens (tertiary/aromatic N) is 2. The van der Waals surface area contributed by atoms with Crippen LogP contribution >= 0.6 is 11.6 Å². The second-order valence-corrected chi connectivity index (χ2v) is 4.35. The zero-order valence-electron chi connectivity index (χ0n) is 9.85. The predicted molar refractivity (Wildman–Crippen MR) is 71.5 cm³/mol. The highest BCUT2D eigenvalue weighted by molar-refractivity contribution is 6.34. The van der Waals surface area contributed by atoms with Crippen molar-refractivity contribution in [3.05, 3.63) is 41.2 Å². The van der Waals surface area contributed by atoms with Crippen LogP contribution in [0.2, 0.25) is 5.02 Å². The van der Waals surface area contributed by atoms with Gasteiger partial charge in [-0.05, 0) is 31.2 Å². The molecule has 0 atom stereocenters. The number of carbonyl (C=O) groups is 1. The van der Waals surface area contributed by atoms with Crippen LogP contribution in [-0.2, 0) is 11.3 Å². The molecule has 0 aliphatic carbocycles. The van der Waals surface area contributed by atoms with Gasteiger partial charge in [0.2, 0.25) is 5.91 Å². The molecule has 6 heteroatoms. The van der Waals surface area contributed by atoms with E-state index in [4.69, 9.17) is 17.3 Å². The predicted octanol–water partition coefficient (Wildman–Crippen LogP) is 2.07. The molecule has 5 nitrogen and oxygen atoms in total. The lowest BCUT2D eigenvalue weighted by atomic mass is 10.3. The standard InChI is InChI=1S/C12H13ClN4O/c1-8-4-5-17(16-8)7-12(18)15-11-3-2-9(14)6-10(11)13/h2-6H,7,14H2,1H3,(H,15,18). The number of nitrogen functional groups attached to an aromatic ring is 1. The molecule has 0 aliphatic heterocycles. The van der Waals surface area contributed by atoms with Crippen LogP contribution in [0.1, 0.15) is 5.69 Å². The molecule has 1 heterocycles. The maximum atomic E-state index is 11.8. The molecule has 0 unspecified atom stereocenters. The molecule has 0 saturated heterocycles. The number of anilines is 2. The van der Waals surface area contributed by atoms with Gasteiger partial charge in [0.15, 0.2) is 0 Å². The van der Waals surface area contributed by atoms with Crippen LogP contribution in [0.25, 0.3) is 0 Å². The number of carbonyl (C=O) groups excluding carboxylic acids is 1. The summed E-state index contributed by atoms with van der Waals surface area (Å²) in [5, 5.41) is 7.26. The van der Waals surface area contributed by atoms with Crippen molar-refractivity contribution in [2.75, 3.05) is 11.1 Å². The number of hydrogen-bond acceptors (Lipinski definition) is 3. The van der Waals surface area contributed by atoms with E-state index in [-0.39, 0.29) is 12.5 Å². The number of aromatic nitrogens is 2. The molecule has 0 saturated carbocycles. The zero-order chi connectivity index (χ0) is 13.1. The highest BCUT2D eigenvalue weighted by atomic mass is 35.5. The number of benzene rings is 1. The van der Waals surface area contributed by atoms with Crippen molar-refractivity contribution in [1.29, 1.82) is 0 Å². The van der Waals surface area contributed by atoms with Gasteiger partial charge >= 0.3 is 0 Å². The molecule has 0 radical (unpaired) electrons. The average Bonchev–Trinajstić information content (AvgIpc) is 2.68. The summed E-state index contributed by atoms with van der Waals surface area (Å²) in [6.45, 7) is 2.01. The van der Waals surface area contributed by atoms with Gasteiger partial charge in [0, 0.05) is 11.9 Å². The molecule has 1 amide bonds. The third-order valence-electron chi connectivity index (χ3n) is 2.35. The van der Waals surface area contributed by atoms with E-state index in [1.54, 1.807) is 29.1 Å². The van der Waals surface area contributed by atoms with Crippen LogP contribution in [0.3, 0.4) is 0 Å². The monoisotopic (exact) mass is 264 g/mol. The van der Waals surface area contributed by atoms with Gasteiger partial charge in [0.1, 0.15) is 6.54 Å². The van der Waals surface area contributed by atoms with Crippen LogP contribution < -0.4 is 11.1 Å². The van der Waals surface area contributed by atoms with Crippen LogP contribution in [0.5, 0.6) is 0 Å². The van der Waals surface area contributed by atoms with Crippen molar-refractivity contribution in [2.45, 2.75) is 13.5 Å². The molecular weight excluding hydrogens is 252 g/mol. The molecule has 0 aliphatic rings. The summed E-state index contributed by atoms with van der Waals surface area (Å²) in [5.41, 5.74) is 7.54. The van der Waals surface area contributed by atoms with E-state index in [1.807, 2.05) is 13.0 Å². The van der Waals surface area contributed by atoms with Crippen molar-refractivity contribution in [2.24, 2.45) is 0 Å². The summed E-state index contributed by atoms with van der Waals surface area (Å²) in [4.78, 5) is 11.8. The van der Waals surface area contributed by atoms with E-state index >= 15 is 0 Å². The Morgan fingerprint density at radius 1 is 1.50 bits per heavy atom. The molecule has 1 aromatic carbocycles.